The molecule has 0 radical (unpaired) electrons. The van der Waals surface area contributed by atoms with Crippen LogP contribution in [0.3, 0.4) is 0 Å². The fourth-order valence-corrected chi connectivity index (χ4v) is 3.06. The third kappa shape index (κ3) is 4.22. The van der Waals surface area contributed by atoms with Gasteiger partial charge in [-0.15, -0.1) is 0 Å². The molecule has 2 aromatic heterocycles. The number of amides is 1. The Kier molecular flexibility index (Phi) is 5.13. The highest BCUT2D eigenvalue weighted by Crippen LogP contribution is 2.32. The van der Waals surface area contributed by atoms with E-state index in [4.69, 9.17) is 4.74 Å². The van der Waals surface area contributed by atoms with Gasteiger partial charge in [0, 0.05) is 36.8 Å². The minimum atomic E-state index is -0.393. The van der Waals surface area contributed by atoms with Gasteiger partial charge in [0.15, 0.2) is 5.82 Å². The molecule has 134 valence electrons. The Balaban J connectivity index is 1.55. The summed E-state index contributed by atoms with van der Waals surface area (Å²) in [5.74, 6) is 0.628. The number of hydrogen-bond donors (Lipinski definition) is 1. The van der Waals surface area contributed by atoms with Crippen molar-refractivity contribution in [1.82, 2.24) is 25.1 Å². The topological polar surface area (TPSA) is 81.9 Å². The van der Waals surface area contributed by atoms with Crippen LogP contribution in [0.15, 0.2) is 18.5 Å². The lowest BCUT2D eigenvalue weighted by Gasteiger charge is -2.32. The molecule has 1 atom stereocenters. The maximum Gasteiger partial charge on any atom is 0.242 e. The van der Waals surface area contributed by atoms with Gasteiger partial charge in [0.2, 0.25) is 5.91 Å². The summed E-state index contributed by atoms with van der Waals surface area (Å²) in [6.07, 6.45) is 6.68. The number of ether oxygens (including phenoxy) is 1. The molecule has 25 heavy (non-hydrogen) atoms. The number of aryl methyl sites for hydroxylation is 2. The van der Waals surface area contributed by atoms with Crippen molar-refractivity contribution in [2.24, 2.45) is 0 Å². The molecule has 7 heteroatoms. The van der Waals surface area contributed by atoms with E-state index in [1.165, 1.54) is 0 Å². The highest BCUT2D eigenvalue weighted by molar-refractivity contribution is 5.75. The Morgan fingerprint density at radius 1 is 1.32 bits per heavy atom. The van der Waals surface area contributed by atoms with Gasteiger partial charge in [-0.3, -0.25) is 9.48 Å². The van der Waals surface area contributed by atoms with Crippen molar-refractivity contribution in [3.8, 4) is 0 Å². The van der Waals surface area contributed by atoms with Crippen LogP contribution in [0.5, 0.6) is 0 Å². The van der Waals surface area contributed by atoms with Gasteiger partial charge in [-0.05, 0) is 46.1 Å². The van der Waals surface area contributed by atoms with E-state index in [1.807, 2.05) is 26.8 Å². The second-order valence-corrected chi connectivity index (χ2v) is 6.81. The first-order chi connectivity index (χ1) is 12.0. The van der Waals surface area contributed by atoms with Gasteiger partial charge in [-0.1, -0.05) is 0 Å². The Labute approximate surface area is 147 Å². The Hall–Kier alpha value is -2.28. The lowest BCUT2D eigenvalue weighted by atomic mass is 9.95. The molecule has 1 amide bonds. The summed E-state index contributed by atoms with van der Waals surface area (Å²) in [7, 11) is 0. The van der Waals surface area contributed by atoms with Gasteiger partial charge < -0.3 is 10.1 Å². The molecule has 0 bridgehead atoms. The monoisotopic (exact) mass is 343 g/mol. The first-order valence-electron chi connectivity index (χ1n) is 8.69. The standard InChI is InChI=1S/C18H25N5O2/c1-13-8-14(2)23(22-13)12-16(24)19-9-15-10-20-17(21-11-15)18(3)6-4-5-7-25-18/h8,10-11H,4-7,9,12H2,1-3H3,(H,19,24)/t18-/m0/s1. The van der Waals surface area contributed by atoms with E-state index in [1.54, 1.807) is 17.1 Å². The molecule has 0 aliphatic carbocycles. The molecule has 1 aliphatic rings. The lowest BCUT2D eigenvalue weighted by molar-refractivity contribution is -0.122. The predicted octanol–water partition coefficient (Wildman–Crippen LogP) is 2.02. The zero-order chi connectivity index (χ0) is 17.9. The quantitative estimate of drug-likeness (QED) is 0.898. The van der Waals surface area contributed by atoms with Crippen LogP contribution in [-0.4, -0.2) is 32.3 Å². The van der Waals surface area contributed by atoms with Crippen LogP contribution >= 0.6 is 0 Å². The van der Waals surface area contributed by atoms with E-state index < -0.39 is 5.60 Å². The van der Waals surface area contributed by atoms with E-state index >= 15 is 0 Å². The molecule has 1 saturated heterocycles. The second kappa shape index (κ2) is 7.31. The maximum atomic E-state index is 12.1. The van der Waals surface area contributed by atoms with Gasteiger partial charge in [0.25, 0.3) is 0 Å². The number of rotatable bonds is 5. The highest BCUT2D eigenvalue weighted by Gasteiger charge is 2.32. The Morgan fingerprint density at radius 3 is 2.68 bits per heavy atom. The fraction of sp³-hybridized carbons (Fsp3) is 0.556. The minimum Gasteiger partial charge on any atom is -0.367 e. The van der Waals surface area contributed by atoms with Crippen LogP contribution in [0.1, 0.15) is 49.0 Å². The van der Waals surface area contributed by atoms with Crippen LogP contribution in [0, 0.1) is 13.8 Å². The average Bonchev–Trinajstić information content (AvgIpc) is 2.91. The van der Waals surface area contributed by atoms with Crippen molar-refractivity contribution in [2.45, 2.75) is 58.7 Å². The summed E-state index contributed by atoms with van der Waals surface area (Å²) in [5.41, 5.74) is 2.36. The molecule has 0 aromatic carbocycles. The molecule has 1 N–H and O–H groups in total. The van der Waals surface area contributed by atoms with E-state index in [2.05, 4.69) is 20.4 Å². The summed E-state index contributed by atoms with van der Waals surface area (Å²) in [6, 6.07) is 1.95. The minimum absolute atomic E-state index is 0.0853. The summed E-state index contributed by atoms with van der Waals surface area (Å²) < 4.78 is 7.56. The summed E-state index contributed by atoms with van der Waals surface area (Å²) >= 11 is 0. The number of nitrogens with zero attached hydrogens (tertiary/aromatic N) is 4. The second-order valence-electron chi connectivity index (χ2n) is 6.81. The molecular weight excluding hydrogens is 318 g/mol. The van der Waals surface area contributed by atoms with Crippen LogP contribution < -0.4 is 5.32 Å². The summed E-state index contributed by atoms with van der Waals surface area (Å²) in [5, 5.41) is 7.17. The average molecular weight is 343 g/mol. The molecule has 1 aliphatic heterocycles. The predicted molar refractivity (Wildman–Crippen MR) is 92.7 cm³/mol. The van der Waals surface area contributed by atoms with Crippen molar-refractivity contribution in [2.75, 3.05) is 6.61 Å². The summed E-state index contributed by atoms with van der Waals surface area (Å²) in [4.78, 5) is 21.0. The lowest BCUT2D eigenvalue weighted by Crippen LogP contribution is -2.32. The van der Waals surface area contributed by atoms with Gasteiger partial charge in [-0.2, -0.15) is 5.10 Å². The molecule has 7 nitrogen and oxygen atoms in total. The maximum absolute atomic E-state index is 12.1. The number of nitrogens with one attached hydrogen (secondary N) is 1. The van der Waals surface area contributed by atoms with Crippen LogP contribution in [-0.2, 0) is 28.2 Å². The van der Waals surface area contributed by atoms with Gasteiger partial charge in [0.05, 0.1) is 5.69 Å². The molecule has 1 fully saturated rings. The van der Waals surface area contributed by atoms with E-state index in [9.17, 15) is 4.79 Å². The number of carbonyl (C=O) groups excluding carboxylic acids is 1. The van der Waals surface area contributed by atoms with Crippen molar-refractivity contribution in [3.63, 3.8) is 0 Å². The molecule has 0 unspecified atom stereocenters. The smallest absolute Gasteiger partial charge is 0.242 e. The van der Waals surface area contributed by atoms with Crippen molar-refractivity contribution < 1.29 is 9.53 Å². The Morgan fingerprint density at radius 2 is 2.08 bits per heavy atom. The number of aromatic nitrogens is 4. The zero-order valence-electron chi connectivity index (χ0n) is 15.1. The fourth-order valence-electron chi connectivity index (χ4n) is 3.06. The molecule has 0 spiro atoms. The number of hydrogen-bond acceptors (Lipinski definition) is 5. The van der Waals surface area contributed by atoms with Crippen molar-refractivity contribution in [3.05, 3.63) is 41.2 Å². The highest BCUT2D eigenvalue weighted by atomic mass is 16.5. The van der Waals surface area contributed by atoms with Gasteiger partial charge in [-0.25, -0.2) is 9.97 Å². The molecule has 3 rings (SSSR count). The van der Waals surface area contributed by atoms with E-state index in [0.29, 0.717) is 12.4 Å². The van der Waals surface area contributed by atoms with Gasteiger partial charge >= 0.3 is 0 Å². The SMILES string of the molecule is Cc1cc(C)n(CC(=O)NCc2cnc([C@]3(C)CCCCO3)nc2)n1. The third-order valence-corrected chi connectivity index (χ3v) is 4.53. The molecule has 0 saturated carbocycles. The first-order valence-corrected chi connectivity index (χ1v) is 8.69. The van der Waals surface area contributed by atoms with E-state index in [-0.39, 0.29) is 12.5 Å². The molecular formula is C18H25N5O2. The zero-order valence-corrected chi connectivity index (χ0v) is 15.1. The van der Waals surface area contributed by atoms with Crippen molar-refractivity contribution in [1.29, 1.82) is 0 Å². The molecule has 2 aromatic rings. The van der Waals surface area contributed by atoms with Crippen LogP contribution in [0.2, 0.25) is 0 Å². The normalized spacial score (nSPS) is 20.4. The van der Waals surface area contributed by atoms with Crippen LogP contribution in [0.4, 0.5) is 0 Å². The largest absolute Gasteiger partial charge is 0.367 e. The number of carbonyl (C=O) groups is 1. The first kappa shape index (κ1) is 17.5. The van der Waals surface area contributed by atoms with Crippen molar-refractivity contribution >= 4 is 5.91 Å². The third-order valence-electron chi connectivity index (χ3n) is 4.53. The molecule has 3 heterocycles. The van der Waals surface area contributed by atoms with E-state index in [0.717, 1.165) is 42.8 Å². The van der Waals surface area contributed by atoms with Gasteiger partial charge in [0.1, 0.15) is 12.1 Å². The summed E-state index contributed by atoms with van der Waals surface area (Å²) in [6.45, 7) is 7.26. The van der Waals surface area contributed by atoms with Crippen LogP contribution in [0.25, 0.3) is 0 Å². The Bertz CT molecular complexity index is 732.